The van der Waals surface area contributed by atoms with E-state index in [0.717, 1.165) is 34.4 Å². The van der Waals surface area contributed by atoms with Gasteiger partial charge in [0.1, 0.15) is 5.82 Å². The van der Waals surface area contributed by atoms with Crippen LogP contribution in [0.4, 0.5) is 5.82 Å². The molecule has 1 aliphatic rings. The van der Waals surface area contributed by atoms with Crippen molar-refractivity contribution in [2.75, 3.05) is 18.1 Å². The molecular weight excluding hydrogens is 446 g/mol. The maximum atomic E-state index is 5.77. The first-order valence-corrected chi connectivity index (χ1v) is 13.3. The van der Waals surface area contributed by atoms with Crippen LogP contribution in [-0.4, -0.2) is 43.7 Å². The van der Waals surface area contributed by atoms with E-state index < -0.39 is 0 Å². The van der Waals surface area contributed by atoms with E-state index in [4.69, 9.17) is 9.82 Å². The summed E-state index contributed by atoms with van der Waals surface area (Å²) < 4.78 is 1.71. The molecule has 3 aromatic rings. The molecule has 9 heteroatoms. The van der Waals surface area contributed by atoms with Crippen LogP contribution in [0.5, 0.6) is 0 Å². The molecule has 8 nitrogen and oxygen atoms in total. The molecule has 0 amide bonds. The number of rotatable bonds is 11. The second-order valence-corrected chi connectivity index (χ2v) is 9.38. The highest BCUT2D eigenvalue weighted by molar-refractivity contribution is 7.98. The first-order valence-electron chi connectivity index (χ1n) is 12.1. The lowest BCUT2D eigenvalue weighted by Gasteiger charge is -2.21. The Morgan fingerprint density at radius 2 is 2.03 bits per heavy atom. The van der Waals surface area contributed by atoms with Crippen molar-refractivity contribution < 1.29 is 4.84 Å². The van der Waals surface area contributed by atoms with Crippen LogP contribution in [0, 0.1) is 5.92 Å². The van der Waals surface area contributed by atoms with Gasteiger partial charge in [0.15, 0.2) is 12.3 Å². The van der Waals surface area contributed by atoms with E-state index >= 15 is 0 Å². The quantitative estimate of drug-likeness (QED) is 0.231. The van der Waals surface area contributed by atoms with Crippen LogP contribution < -0.4 is 5.32 Å². The Morgan fingerprint density at radius 3 is 2.85 bits per heavy atom. The molecule has 0 aliphatic heterocycles. The highest BCUT2D eigenvalue weighted by Gasteiger charge is 2.17. The molecule has 1 saturated carbocycles. The summed E-state index contributed by atoms with van der Waals surface area (Å²) in [5.41, 5.74) is 2.32. The van der Waals surface area contributed by atoms with Gasteiger partial charge < -0.3 is 10.2 Å². The predicted molar refractivity (Wildman–Crippen MR) is 136 cm³/mol. The van der Waals surface area contributed by atoms with E-state index in [2.05, 4.69) is 38.1 Å². The van der Waals surface area contributed by atoms with Crippen LogP contribution in [-0.2, 0) is 18.0 Å². The molecule has 0 unspecified atom stereocenters. The predicted octanol–water partition coefficient (Wildman–Crippen LogP) is 5.16. The van der Waals surface area contributed by atoms with Crippen LogP contribution >= 0.6 is 11.8 Å². The number of hydrogen-bond acceptors (Lipinski definition) is 8. The van der Waals surface area contributed by atoms with Gasteiger partial charge in [-0.25, -0.2) is 9.67 Å². The molecule has 1 N–H and O–H groups in total. The molecule has 0 bridgehead atoms. The van der Waals surface area contributed by atoms with Gasteiger partial charge in [0.05, 0.1) is 5.69 Å². The monoisotopic (exact) mass is 479 g/mol. The lowest BCUT2D eigenvalue weighted by atomic mass is 9.87. The van der Waals surface area contributed by atoms with E-state index in [0.29, 0.717) is 18.1 Å². The Bertz CT molecular complexity index is 1080. The number of pyridine rings is 1. The van der Waals surface area contributed by atoms with Gasteiger partial charge in [0.2, 0.25) is 5.82 Å². The zero-order valence-corrected chi connectivity index (χ0v) is 20.8. The molecule has 180 valence electrons. The molecule has 1 fully saturated rings. The summed E-state index contributed by atoms with van der Waals surface area (Å²) in [6.07, 6.45) is 10.1. The van der Waals surface area contributed by atoms with E-state index in [9.17, 15) is 0 Å². The smallest absolute Gasteiger partial charge is 0.204 e. The number of nitrogens with zero attached hydrogens (tertiary/aromatic N) is 6. The average Bonchev–Trinajstić information content (AvgIpc) is 3.36. The third kappa shape index (κ3) is 6.56. The van der Waals surface area contributed by atoms with Crippen molar-refractivity contribution in [2.24, 2.45) is 11.1 Å². The molecule has 34 heavy (non-hydrogen) atoms. The summed E-state index contributed by atoms with van der Waals surface area (Å²) >= 11 is 1.67. The zero-order chi connectivity index (χ0) is 23.6. The van der Waals surface area contributed by atoms with Crippen LogP contribution in [0.25, 0.3) is 0 Å². The fourth-order valence-corrected chi connectivity index (χ4v) is 4.74. The normalized spacial score (nSPS) is 14.8. The van der Waals surface area contributed by atoms with Gasteiger partial charge in [-0.3, -0.25) is 0 Å². The minimum atomic E-state index is 0.261. The Labute approximate surface area is 205 Å². The Kier molecular flexibility index (Phi) is 8.90. The first kappa shape index (κ1) is 24.2. The molecule has 1 aromatic carbocycles. The highest BCUT2D eigenvalue weighted by atomic mass is 32.2. The molecule has 0 radical (unpaired) electrons. The number of anilines is 1. The summed E-state index contributed by atoms with van der Waals surface area (Å²) in [7, 11) is 0. The van der Waals surface area contributed by atoms with Crippen molar-refractivity contribution in [3.05, 3.63) is 59.5 Å². The number of aryl methyl sites for hydroxylation is 1. The topological polar surface area (TPSA) is 90.1 Å². The van der Waals surface area contributed by atoms with Gasteiger partial charge in [0, 0.05) is 23.5 Å². The summed E-state index contributed by atoms with van der Waals surface area (Å²) in [6, 6.07) is 14.1. The number of benzene rings is 1. The van der Waals surface area contributed by atoms with Crippen LogP contribution in [0.3, 0.4) is 0 Å². The Morgan fingerprint density at radius 1 is 1.18 bits per heavy atom. The lowest BCUT2D eigenvalue weighted by molar-refractivity contribution is 0.128. The van der Waals surface area contributed by atoms with Crippen LogP contribution in [0.15, 0.2) is 52.5 Å². The number of tetrazole rings is 1. The Hall–Kier alpha value is -2.94. The molecule has 2 aromatic heterocycles. The van der Waals surface area contributed by atoms with Crippen LogP contribution in [0.1, 0.15) is 62.5 Å². The largest absolute Gasteiger partial charge is 0.389 e. The van der Waals surface area contributed by atoms with Gasteiger partial charge in [-0.1, -0.05) is 55.5 Å². The van der Waals surface area contributed by atoms with E-state index in [-0.39, 0.29) is 6.61 Å². The minimum Gasteiger partial charge on any atom is -0.389 e. The molecule has 4 rings (SSSR count). The fraction of sp³-hybridized carbons (Fsp3) is 0.480. The van der Waals surface area contributed by atoms with Crippen molar-refractivity contribution >= 4 is 23.3 Å². The van der Waals surface area contributed by atoms with Gasteiger partial charge in [-0.05, 0) is 60.2 Å². The number of thioether (sulfide) groups is 1. The van der Waals surface area contributed by atoms with Gasteiger partial charge >= 0.3 is 0 Å². The molecular formula is C25H33N7OS. The zero-order valence-electron chi connectivity index (χ0n) is 20.0. The SMILES string of the molecule is CCn1nnnc1C(=NOCc1cccc(NCCC2CCCCC2)n1)c1cccc(SC)c1. The van der Waals surface area contributed by atoms with Crippen molar-refractivity contribution in [2.45, 2.75) is 63.5 Å². The Balaban J connectivity index is 1.42. The van der Waals surface area contributed by atoms with Crippen molar-refractivity contribution in [3.63, 3.8) is 0 Å². The van der Waals surface area contributed by atoms with E-state index in [1.165, 1.54) is 38.5 Å². The average molecular weight is 480 g/mol. The van der Waals surface area contributed by atoms with E-state index in [1.807, 2.05) is 43.5 Å². The summed E-state index contributed by atoms with van der Waals surface area (Å²) in [5.74, 6) is 2.31. The van der Waals surface area contributed by atoms with Crippen molar-refractivity contribution in [1.82, 2.24) is 25.2 Å². The number of nitrogens with one attached hydrogen (secondary N) is 1. The maximum Gasteiger partial charge on any atom is 0.204 e. The highest BCUT2D eigenvalue weighted by Crippen LogP contribution is 2.26. The second-order valence-electron chi connectivity index (χ2n) is 8.50. The molecule has 0 atom stereocenters. The van der Waals surface area contributed by atoms with Crippen molar-refractivity contribution in [1.29, 1.82) is 0 Å². The number of oxime groups is 1. The third-order valence-corrected chi connectivity index (χ3v) is 6.87. The standard InChI is InChI=1S/C25H33N7OS/c1-3-32-25(28-30-31-32)24(20-11-7-13-22(17-20)34-2)29-33-18-21-12-8-14-23(27-21)26-16-15-19-9-5-4-6-10-19/h7-8,11-14,17,19H,3-6,9-10,15-16,18H2,1-2H3,(H,26,27). The summed E-state index contributed by atoms with van der Waals surface area (Å²) in [5, 5.41) is 20.0. The number of hydrogen-bond donors (Lipinski definition) is 1. The van der Waals surface area contributed by atoms with Crippen molar-refractivity contribution in [3.8, 4) is 0 Å². The number of aromatic nitrogens is 5. The minimum absolute atomic E-state index is 0.261. The van der Waals surface area contributed by atoms with Gasteiger partial charge in [0.25, 0.3) is 0 Å². The molecule has 0 saturated heterocycles. The van der Waals surface area contributed by atoms with Gasteiger partial charge in [-0.2, -0.15) is 0 Å². The lowest BCUT2D eigenvalue weighted by Crippen LogP contribution is -2.14. The summed E-state index contributed by atoms with van der Waals surface area (Å²) in [4.78, 5) is 11.6. The second kappa shape index (κ2) is 12.5. The van der Waals surface area contributed by atoms with Gasteiger partial charge in [-0.15, -0.1) is 16.9 Å². The third-order valence-electron chi connectivity index (χ3n) is 6.14. The maximum absolute atomic E-state index is 5.77. The molecule has 2 heterocycles. The molecule has 0 spiro atoms. The fourth-order valence-electron chi connectivity index (χ4n) is 4.28. The summed E-state index contributed by atoms with van der Waals surface area (Å²) in [6.45, 7) is 3.85. The van der Waals surface area contributed by atoms with Crippen LogP contribution in [0.2, 0.25) is 0 Å². The first-order chi connectivity index (χ1) is 16.8. The molecule has 1 aliphatic carbocycles. The van der Waals surface area contributed by atoms with E-state index in [1.54, 1.807) is 16.4 Å².